The summed E-state index contributed by atoms with van der Waals surface area (Å²) in [6, 6.07) is 7.76. The summed E-state index contributed by atoms with van der Waals surface area (Å²) in [5.41, 5.74) is 7.63. The number of hydrogen-bond acceptors (Lipinski definition) is 2. The molecule has 0 spiro atoms. The van der Waals surface area contributed by atoms with Crippen LogP contribution >= 0.6 is 0 Å². The lowest BCUT2D eigenvalue weighted by Gasteiger charge is -2.07. The third kappa shape index (κ3) is 4.13. The Hall–Kier alpha value is -1.35. The molecule has 1 aromatic rings. The second kappa shape index (κ2) is 5.51. The number of nitrogens with one attached hydrogen (secondary N) is 1. The van der Waals surface area contributed by atoms with E-state index in [2.05, 4.69) is 12.2 Å². The van der Waals surface area contributed by atoms with E-state index in [-0.39, 0.29) is 11.9 Å². The van der Waals surface area contributed by atoms with Gasteiger partial charge in [0.15, 0.2) is 0 Å². The van der Waals surface area contributed by atoms with Gasteiger partial charge in [0.1, 0.15) is 0 Å². The van der Waals surface area contributed by atoms with E-state index >= 15 is 0 Å². The fourth-order valence-electron chi connectivity index (χ4n) is 1.33. The molecule has 0 aliphatic heterocycles. The molecular weight excluding hydrogens is 188 g/mol. The predicted octanol–water partition coefficient (Wildman–Crippen LogP) is 1.92. The highest BCUT2D eigenvalue weighted by molar-refractivity contribution is 5.91. The zero-order chi connectivity index (χ0) is 11.3. The number of nitrogens with two attached hydrogens (primary N) is 1. The standard InChI is InChI=1S/C12H18N2O/c1-3-10-4-6-11(7-5-10)14-12(15)8-9(2)13/h4-7,9H,3,8,13H2,1-2H3,(H,14,15). The summed E-state index contributed by atoms with van der Waals surface area (Å²) in [6.45, 7) is 3.92. The highest BCUT2D eigenvalue weighted by atomic mass is 16.1. The van der Waals surface area contributed by atoms with Gasteiger partial charge in [-0.15, -0.1) is 0 Å². The first-order chi connectivity index (χ1) is 7.11. The van der Waals surface area contributed by atoms with Gasteiger partial charge in [0.25, 0.3) is 0 Å². The molecule has 0 bridgehead atoms. The molecular formula is C12H18N2O. The third-order valence-corrected chi connectivity index (χ3v) is 2.15. The Bertz CT molecular complexity index is 317. The minimum Gasteiger partial charge on any atom is -0.327 e. The molecule has 15 heavy (non-hydrogen) atoms. The first-order valence-electron chi connectivity index (χ1n) is 5.26. The second-order valence-electron chi connectivity index (χ2n) is 3.78. The van der Waals surface area contributed by atoms with Gasteiger partial charge in [-0.3, -0.25) is 4.79 Å². The highest BCUT2D eigenvalue weighted by Gasteiger charge is 2.04. The summed E-state index contributed by atoms with van der Waals surface area (Å²) < 4.78 is 0. The average molecular weight is 206 g/mol. The summed E-state index contributed by atoms with van der Waals surface area (Å²) >= 11 is 0. The lowest BCUT2D eigenvalue weighted by atomic mass is 10.1. The third-order valence-electron chi connectivity index (χ3n) is 2.15. The van der Waals surface area contributed by atoms with Crippen molar-refractivity contribution >= 4 is 11.6 Å². The predicted molar refractivity (Wildman–Crippen MR) is 62.7 cm³/mol. The summed E-state index contributed by atoms with van der Waals surface area (Å²) in [6.07, 6.45) is 1.36. The number of aryl methyl sites for hydroxylation is 1. The second-order valence-corrected chi connectivity index (χ2v) is 3.78. The maximum Gasteiger partial charge on any atom is 0.225 e. The van der Waals surface area contributed by atoms with Crippen LogP contribution < -0.4 is 11.1 Å². The minimum absolute atomic E-state index is 0.0331. The van der Waals surface area contributed by atoms with E-state index < -0.39 is 0 Å². The zero-order valence-corrected chi connectivity index (χ0v) is 9.29. The number of amides is 1. The van der Waals surface area contributed by atoms with Crippen LogP contribution in [0.2, 0.25) is 0 Å². The summed E-state index contributed by atoms with van der Waals surface area (Å²) in [5, 5.41) is 2.81. The van der Waals surface area contributed by atoms with Crippen LogP contribution in [0.25, 0.3) is 0 Å². The summed E-state index contributed by atoms with van der Waals surface area (Å²) in [7, 11) is 0. The van der Waals surface area contributed by atoms with Gasteiger partial charge < -0.3 is 11.1 Å². The van der Waals surface area contributed by atoms with Crippen molar-refractivity contribution in [2.45, 2.75) is 32.7 Å². The van der Waals surface area contributed by atoms with Crippen LogP contribution in [0, 0.1) is 0 Å². The monoisotopic (exact) mass is 206 g/mol. The van der Waals surface area contributed by atoms with Crippen LogP contribution in [0.3, 0.4) is 0 Å². The first-order valence-corrected chi connectivity index (χ1v) is 5.26. The molecule has 3 nitrogen and oxygen atoms in total. The number of anilines is 1. The van der Waals surface area contributed by atoms with Gasteiger partial charge in [0.05, 0.1) is 0 Å². The van der Waals surface area contributed by atoms with Crippen molar-refractivity contribution in [3.05, 3.63) is 29.8 Å². The van der Waals surface area contributed by atoms with E-state index in [4.69, 9.17) is 5.73 Å². The first kappa shape index (κ1) is 11.7. The van der Waals surface area contributed by atoms with Crippen LogP contribution in [-0.2, 0) is 11.2 Å². The molecule has 1 amide bonds. The van der Waals surface area contributed by atoms with E-state index in [1.807, 2.05) is 31.2 Å². The lowest BCUT2D eigenvalue weighted by Crippen LogP contribution is -2.23. The van der Waals surface area contributed by atoms with Crippen molar-refractivity contribution in [3.63, 3.8) is 0 Å². The van der Waals surface area contributed by atoms with Gasteiger partial charge in [-0.25, -0.2) is 0 Å². The molecule has 0 saturated carbocycles. The Kier molecular flexibility index (Phi) is 4.31. The Labute approximate surface area is 90.7 Å². The fourth-order valence-corrected chi connectivity index (χ4v) is 1.33. The normalized spacial score (nSPS) is 12.2. The van der Waals surface area contributed by atoms with E-state index in [0.717, 1.165) is 12.1 Å². The molecule has 82 valence electrons. The molecule has 3 heteroatoms. The summed E-state index contributed by atoms with van der Waals surface area (Å²) in [5.74, 6) is -0.0331. The van der Waals surface area contributed by atoms with E-state index in [1.54, 1.807) is 0 Å². The molecule has 1 rings (SSSR count). The van der Waals surface area contributed by atoms with Gasteiger partial charge in [-0.2, -0.15) is 0 Å². The zero-order valence-electron chi connectivity index (χ0n) is 9.29. The molecule has 1 aromatic carbocycles. The van der Waals surface area contributed by atoms with Crippen molar-refractivity contribution in [2.24, 2.45) is 5.73 Å². The molecule has 0 aliphatic rings. The van der Waals surface area contributed by atoms with Crippen molar-refractivity contribution in [3.8, 4) is 0 Å². The molecule has 1 atom stereocenters. The van der Waals surface area contributed by atoms with E-state index in [1.165, 1.54) is 5.56 Å². The number of hydrogen-bond donors (Lipinski definition) is 2. The van der Waals surface area contributed by atoms with Crippen LogP contribution in [-0.4, -0.2) is 11.9 Å². The van der Waals surface area contributed by atoms with Crippen molar-refractivity contribution in [2.75, 3.05) is 5.32 Å². The molecule has 0 radical (unpaired) electrons. The van der Waals surface area contributed by atoms with Crippen LogP contribution in [0.5, 0.6) is 0 Å². The number of rotatable bonds is 4. The average Bonchev–Trinajstić information content (AvgIpc) is 2.17. The van der Waals surface area contributed by atoms with E-state index in [9.17, 15) is 4.79 Å². The topological polar surface area (TPSA) is 55.1 Å². The number of carbonyl (C=O) groups is 1. The maximum absolute atomic E-state index is 11.4. The van der Waals surface area contributed by atoms with Crippen LogP contribution in [0.15, 0.2) is 24.3 Å². The van der Waals surface area contributed by atoms with Gasteiger partial charge in [-0.05, 0) is 31.0 Å². The smallest absolute Gasteiger partial charge is 0.225 e. The molecule has 0 saturated heterocycles. The molecule has 0 fully saturated rings. The van der Waals surface area contributed by atoms with Crippen molar-refractivity contribution in [1.82, 2.24) is 0 Å². The molecule has 1 unspecified atom stereocenters. The highest BCUT2D eigenvalue weighted by Crippen LogP contribution is 2.10. The number of carbonyl (C=O) groups excluding carboxylic acids is 1. The van der Waals surface area contributed by atoms with Gasteiger partial charge in [-0.1, -0.05) is 19.1 Å². The maximum atomic E-state index is 11.4. The number of benzene rings is 1. The Morgan fingerprint density at radius 2 is 2.00 bits per heavy atom. The fraction of sp³-hybridized carbons (Fsp3) is 0.417. The Balaban J connectivity index is 2.53. The Morgan fingerprint density at radius 1 is 1.40 bits per heavy atom. The van der Waals surface area contributed by atoms with Gasteiger partial charge in [0.2, 0.25) is 5.91 Å². The van der Waals surface area contributed by atoms with Crippen LogP contribution in [0.1, 0.15) is 25.8 Å². The largest absolute Gasteiger partial charge is 0.327 e. The Morgan fingerprint density at radius 3 is 2.47 bits per heavy atom. The van der Waals surface area contributed by atoms with Gasteiger partial charge >= 0.3 is 0 Å². The molecule has 3 N–H and O–H groups in total. The summed E-state index contributed by atoms with van der Waals surface area (Å²) in [4.78, 5) is 11.4. The SMILES string of the molecule is CCc1ccc(NC(=O)CC(C)N)cc1. The van der Waals surface area contributed by atoms with Crippen LogP contribution in [0.4, 0.5) is 5.69 Å². The van der Waals surface area contributed by atoms with Crippen molar-refractivity contribution < 1.29 is 4.79 Å². The molecule has 0 heterocycles. The molecule has 0 aliphatic carbocycles. The van der Waals surface area contributed by atoms with Gasteiger partial charge in [0, 0.05) is 18.2 Å². The molecule has 0 aromatic heterocycles. The lowest BCUT2D eigenvalue weighted by molar-refractivity contribution is -0.116. The van der Waals surface area contributed by atoms with E-state index in [0.29, 0.717) is 6.42 Å². The van der Waals surface area contributed by atoms with Crippen molar-refractivity contribution in [1.29, 1.82) is 0 Å². The quantitative estimate of drug-likeness (QED) is 0.790. The minimum atomic E-state index is -0.0973.